The van der Waals surface area contributed by atoms with Crippen LogP contribution in [0.1, 0.15) is 38.5 Å². The summed E-state index contributed by atoms with van der Waals surface area (Å²) in [5.74, 6) is 0.680. The second-order valence-electron chi connectivity index (χ2n) is 8.55. The van der Waals surface area contributed by atoms with Crippen molar-refractivity contribution in [3.8, 4) is 11.5 Å². The molecule has 2 aliphatic rings. The molecule has 1 amide bonds. The van der Waals surface area contributed by atoms with E-state index in [9.17, 15) is 13.2 Å². The Kier molecular flexibility index (Phi) is 8.55. The Hall–Kier alpha value is -2.46. The Balaban J connectivity index is 1.47. The van der Waals surface area contributed by atoms with E-state index in [1.54, 1.807) is 18.2 Å². The number of piperidine rings is 1. The van der Waals surface area contributed by atoms with Crippen molar-refractivity contribution in [2.75, 3.05) is 38.2 Å². The van der Waals surface area contributed by atoms with E-state index in [1.165, 1.54) is 16.4 Å². The first kappa shape index (κ1) is 24.7. The number of anilines is 1. The number of carbonyl (C=O) groups is 1. The Bertz CT molecular complexity index is 1050. The first-order valence-corrected chi connectivity index (χ1v) is 13.3. The molecule has 0 radical (unpaired) electrons. The largest absolute Gasteiger partial charge is 0.455 e. The van der Waals surface area contributed by atoms with Gasteiger partial charge >= 0.3 is 0 Å². The van der Waals surface area contributed by atoms with Gasteiger partial charge in [-0.15, -0.1) is 0 Å². The number of carbonyl (C=O) groups excluding carboxylic acids is 1. The van der Waals surface area contributed by atoms with Crippen molar-refractivity contribution in [1.82, 2.24) is 4.31 Å². The van der Waals surface area contributed by atoms with E-state index in [0.717, 1.165) is 38.7 Å². The molecule has 2 fully saturated rings. The number of nitrogens with one attached hydrogen (secondary N) is 1. The normalized spacial score (nSPS) is 19.1. The average Bonchev–Trinajstić information content (AvgIpc) is 3.38. The number of benzene rings is 2. The maximum absolute atomic E-state index is 13.2. The third kappa shape index (κ3) is 6.56. The quantitative estimate of drug-likeness (QED) is 0.505. The van der Waals surface area contributed by atoms with Crippen molar-refractivity contribution in [3.63, 3.8) is 0 Å². The Labute approximate surface area is 201 Å². The third-order valence-corrected chi connectivity index (χ3v) is 7.84. The highest BCUT2D eigenvalue weighted by atomic mass is 32.2. The van der Waals surface area contributed by atoms with Gasteiger partial charge in [-0.3, -0.25) is 4.79 Å². The van der Waals surface area contributed by atoms with Crippen molar-refractivity contribution in [2.45, 2.75) is 49.5 Å². The first-order valence-electron chi connectivity index (χ1n) is 11.9. The highest BCUT2D eigenvalue weighted by molar-refractivity contribution is 7.89. The topological polar surface area (TPSA) is 94.2 Å². The van der Waals surface area contributed by atoms with Gasteiger partial charge in [-0.1, -0.05) is 24.6 Å². The van der Waals surface area contributed by atoms with Crippen LogP contribution in [0.3, 0.4) is 0 Å². The molecule has 1 unspecified atom stereocenters. The van der Waals surface area contributed by atoms with Gasteiger partial charge in [0.25, 0.3) is 0 Å². The number of hydrogen-bond acceptors (Lipinski definition) is 6. The van der Waals surface area contributed by atoms with Crippen LogP contribution in [0.5, 0.6) is 11.5 Å². The van der Waals surface area contributed by atoms with Crippen LogP contribution in [0.25, 0.3) is 0 Å². The van der Waals surface area contributed by atoms with Crippen LogP contribution in [-0.4, -0.2) is 57.6 Å². The summed E-state index contributed by atoms with van der Waals surface area (Å²) in [6, 6.07) is 13.7. The molecule has 2 saturated heterocycles. The van der Waals surface area contributed by atoms with Crippen LogP contribution in [0, 0.1) is 0 Å². The lowest BCUT2D eigenvalue weighted by molar-refractivity contribution is -0.117. The molecule has 2 heterocycles. The molecular formula is C25H32N2O6S. The van der Waals surface area contributed by atoms with E-state index in [2.05, 4.69) is 5.32 Å². The van der Waals surface area contributed by atoms with Crippen molar-refractivity contribution in [2.24, 2.45) is 0 Å². The maximum Gasteiger partial charge on any atom is 0.243 e. The van der Waals surface area contributed by atoms with Gasteiger partial charge in [-0.2, -0.15) is 4.31 Å². The summed E-state index contributed by atoms with van der Waals surface area (Å²) in [5, 5.41) is 2.82. The standard InChI is InChI=1S/C25H32N2O6S/c28-25(13-17-31-19-21-10-7-16-32-21)26-23-18-22(34(29,30)27-14-5-2-6-15-27)11-12-24(23)33-20-8-3-1-4-9-20/h1,3-4,8-9,11-12,18,21H,2,5-7,10,13-17,19H2,(H,26,28). The van der Waals surface area contributed by atoms with Crippen LogP contribution in [0.2, 0.25) is 0 Å². The fraction of sp³-hybridized carbons (Fsp3) is 0.480. The van der Waals surface area contributed by atoms with E-state index in [4.69, 9.17) is 14.2 Å². The molecule has 34 heavy (non-hydrogen) atoms. The van der Waals surface area contributed by atoms with Gasteiger partial charge < -0.3 is 19.5 Å². The second-order valence-corrected chi connectivity index (χ2v) is 10.5. The summed E-state index contributed by atoms with van der Waals surface area (Å²) >= 11 is 0. The molecule has 0 spiro atoms. The smallest absolute Gasteiger partial charge is 0.243 e. The lowest BCUT2D eigenvalue weighted by Crippen LogP contribution is -2.35. The van der Waals surface area contributed by atoms with E-state index in [1.807, 2.05) is 18.2 Å². The molecule has 184 valence electrons. The summed E-state index contributed by atoms with van der Waals surface area (Å²) in [6.07, 6.45) is 4.99. The van der Waals surface area contributed by atoms with Crippen LogP contribution in [-0.2, 0) is 24.3 Å². The Morgan fingerprint density at radius 1 is 1.06 bits per heavy atom. The van der Waals surface area contributed by atoms with Gasteiger partial charge in [0.1, 0.15) is 5.75 Å². The second kappa shape index (κ2) is 11.8. The molecule has 0 bridgehead atoms. The summed E-state index contributed by atoms with van der Waals surface area (Å²) < 4.78 is 44.9. The molecule has 2 aliphatic heterocycles. The average molecular weight is 489 g/mol. The van der Waals surface area contributed by atoms with Crippen LogP contribution in [0.15, 0.2) is 53.4 Å². The zero-order valence-corrected chi connectivity index (χ0v) is 20.1. The number of rotatable bonds is 10. The summed E-state index contributed by atoms with van der Waals surface area (Å²) in [6.45, 7) is 2.50. The van der Waals surface area contributed by atoms with E-state index >= 15 is 0 Å². The molecule has 2 aromatic rings. The summed E-state index contributed by atoms with van der Waals surface area (Å²) in [7, 11) is -3.65. The number of para-hydroxylation sites is 1. The van der Waals surface area contributed by atoms with Gasteiger partial charge in [-0.25, -0.2) is 8.42 Å². The number of amides is 1. The van der Waals surface area contributed by atoms with Gasteiger partial charge in [-0.05, 0) is 56.0 Å². The monoisotopic (exact) mass is 488 g/mol. The van der Waals surface area contributed by atoms with E-state index < -0.39 is 10.0 Å². The van der Waals surface area contributed by atoms with Crippen LogP contribution >= 0.6 is 0 Å². The minimum absolute atomic E-state index is 0.102. The highest BCUT2D eigenvalue weighted by Gasteiger charge is 2.27. The Morgan fingerprint density at radius 2 is 1.85 bits per heavy atom. The molecule has 9 heteroatoms. The first-order chi connectivity index (χ1) is 16.5. The lowest BCUT2D eigenvalue weighted by atomic mass is 10.2. The zero-order chi connectivity index (χ0) is 23.8. The predicted octanol–water partition coefficient (Wildman–Crippen LogP) is 4.18. The lowest BCUT2D eigenvalue weighted by Gasteiger charge is -2.26. The molecule has 1 N–H and O–H groups in total. The third-order valence-electron chi connectivity index (χ3n) is 5.95. The Morgan fingerprint density at radius 3 is 2.59 bits per heavy atom. The highest BCUT2D eigenvalue weighted by Crippen LogP contribution is 2.33. The van der Waals surface area contributed by atoms with Crippen molar-refractivity contribution < 1.29 is 27.4 Å². The van der Waals surface area contributed by atoms with Crippen LogP contribution in [0.4, 0.5) is 5.69 Å². The maximum atomic E-state index is 13.2. The zero-order valence-electron chi connectivity index (χ0n) is 19.3. The molecule has 0 aromatic heterocycles. The summed E-state index contributed by atoms with van der Waals surface area (Å²) in [5.41, 5.74) is 0.311. The van der Waals surface area contributed by atoms with Crippen molar-refractivity contribution >= 4 is 21.6 Å². The van der Waals surface area contributed by atoms with Crippen molar-refractivity contribution in [3.05, 3.63) is 48.5 Å². The van der Waals surface area contributed by atoms with E-state index in [0.29, 0.717) is 36.9 Å². The number of hydrogen-bond donors (Lipinski definition) is 1. The fourth-order valence-corrected chi connectivity index (χ4v) is 5.64. The number of ether oxygens (including phenoxy) is 3. The number of sulfonamides is 1. The molecular weight excluding hydrogens is 456 g/mol. The van der Waals surface area contributed by atoms with Gasteiger partial charge in [0, 0.05) is 19.7 Å². The molecule has 8 nitrogen and oxygen atoms in total. The van der Waals surface area contributed by atoms with Crippen molar-refractivity contribution in [1.29, 1.82) is 0 Å². The molecule has 0 saturated carbocycles. The number of nitrogens with zero attached hydrogens (tertiary/aromatic N) is 1. The molecule has 1 atom stereocenters. The minimum Gasteiger partial charge on any atom is -0.455 e. The fourth-order valence-electron chi connectivity index (χ4n) is 4.09. The molecule has 2 aromatic carbocycles. The minimum atomic E-state index is -3.65. The van der Waals surface area contributed by atoms with Gasteiger partial charge in [0.2, 0.25) is 15.9 Å². The van der Waals surface area contributed by atoms with E-state index in [-0.39, 0.29) is 29.9 Å². The molecule has 0 aliphatic carbocycles. The predicted molar refractivity (Wildman–Crippen MR) is 129 cm³/mol. The van der Waals surface area contributed by atoms with Gasteiger partial charge in [0.15, 0.2) is 5.75 Å². The van der Waals surface area contributed by atoms with Gasteiger partial charge in [0.05, 0.1) is 36.3 Å². The van der Waals surface area contributed by atoms with Crippen LogP contribution < -0.4 is 10.1 Å². The summed E-state index contributed by atoms with van der Waals surface area (Å²) in [4.78, 5) is 12.8. The SMILES string of the molecule is O=C(CCOCC1CCCO1)Nc1cc(S(=O)(=O)N2CCCCC2)ccc1Oc1ccccc1. The molecule has 4 rings (SSSR count).